The molecule has 1 aromatic carbocycles. The molecule has 0 saturated carbocycles. The van der Waals surface area contributed by atoms with Gasteiger partial charge in [-0.1, -0.05) is 30.3 Å². The van der Waals surface area contributed by atoms with Crippen molar-refractivity contribution >= 4 is 11.3 Å². The van der Waals surface area contributed by atoms with Crippen molar-refractivity contribution in [1.29, 1.82) is 0 Å². The van der Waals surface area contributed by atoms with E-state index in [-0.39, 0.29) is 6.29 Å². The van der Waals surface area contributed by atoms with Gasteiger partial charge in [0, 0.05) is 5.56 Å². The SMILES string of the molecule is c1ccc(C2Oc3ccsc3O2)cc1. The molecule has 0 saturated heterocycles. The van der Waals surface area contributed by atoms with Gasteiger partial charge in [0.15, 0.2) is 5.75 Å². The highest BCUT2D eigenvalue weighted by Crippen LogP contribution is 2.44. The average Bonchev–Trinajstić information content (AvgIpc) is 2.78. The van der Waals surface area contributed by atoms with Crippen molar-refractivity contribution in [2.45, 2.75) is 6.29 Å². The average molecular weight is 204 g/mol. The molecule has 3 rings (SSSR count). The third-order valence-corrected chi connectivity index (χ3v) is 2.90. The number of hydrogen-bond acceptors (Lipinski definition) is 3. The molecule has 0 spiro atoms. The second-order valence-electron chi connectivity index (χ2n) is 3.05. The zero-order valence-corrected chi connectivity index (χ0v) is 8.16. The first-order chi connectivity index (χ1) is 6.93. The van der Waals surface area contributed by atoms with E-state index in [1.807, 2.05) is 41.8 Å². The second-order valence-corrected chi connectivity index (χ2v) is 3.93. The topological polar surface area (TPSA) is 18.5 Å². The Kier molecular flexibility index (Phi) is 1.70. The van der Waals surface area contributed by atoms with Gasteiger partial charge < -0.3 is 9.47 Å². The lowest BCUT2D eigenvalue weighted by molar-refractivity contribution is 0.0502. The highest BCUT2D eigenvalue weighted by molar-refractivity contribution is 7.12. The molecule has 0 bridgehead atoms. The lowest BCUT2D eigenvalue weighted by atomic mass is 10.2. The summed E-state index contributed by atoms with van der Waals surface area (Å²) in [6.07, 6.45) is -0.265. The van der Waals surface area contributed by atoms with Crippen LogP contribution in [0.1, 0.15) is 11.9 Å². The predicted octanol–water partition coefficient (Wildman–Crippen LogP) is 3.22. The Morgan fingerprint density at radius 2 is 1.86 bits per heavy atom. The van der Waals surface area contributed by atoms with E-state index in [1.54, 1.807) is 11.3 Å². The molecule has 3 heteroatoms. The van der Waals surface area contributed by atoms with Gasteiger partial charge in [0.2, 0.25) is 5.06 Å². The van der Waals surface area contributed by atoms with Crippen LogP contribution in [-0.4, -0.2) is 0 Å². The summed E-state index contributed by atoms with van der Waals surface area (Å²) < 4.78 is 11.3. The summed E-state index contributed by atoms with van der Waals surface area (Å²) >= 11 is 1.56. The molecule has 1 atom stereocenters. The van der Waals surface area contributed by atoms with E-state index in [1.165, 1.54) is 0 Å². The van der Waals surface area contributed by atoms with Crippen molar-refractivity contribution in [2.24, 2.45) is 0 Å². The number of thiophene rings is 1. The molecular formula is C11H8O2S. The van der Waals surface area contributed by atoms with Crippen molar-refractivity contribution in [3.05, 3.63) is 47.3 Å². The normalized spacial score (nSPS) is 18.4. The van der Waals surface area contributed by atoms with Crippen LogP contribution in [0.5, 0.6) is 10.8 Å². The summed E-state index contributed by atoms with van der Waals surface area (Å²) in [7, 11) is 0. The van der Waals surface area contributed by atoms with Crippen LogP contribution in [0.4, 0.5) is 0 Å². The number of rotatable bonds is 1. The van der Waals surface area contributed by atoms with Crippen molar-refractivity contribution in [3.63, 3.8) is 0 Å². The van der Waals surface area contributed by atoms with Crippen LogP contribution in [0.3, 0.4) is 0 Å². The van der Waals surface area contributed by atoms with Gasteiger partial charge >= 0.3 is 0 Å². The first-order valence-electron chi connectivity index (χ1n) is 4.39. The van der Waals surface area contributed by atoms with Gasteiger partial charge in [-0.25, -0.2) is 0 Å². The molecule has 0 aliphatic carbocycles. The molecule has 0 fully saturated rings. The van der Waals surface area contributed by atoms with Crippen molar-refractivity contribution < 1.29 is 9.47 Å². The van der Waals surface area contributed by atoms with E-state index in [2.05, 4.69) is 0 Å². The summed E-state index contributed by atoms with van der Waals surface area (Å²) in [6, 6.07) is 11.9. The maximum atomic E-state index is 5.63. The smallest absolute Gasteiger partial charge is 0.268 e. The van der Waals surface area contributed by atoms with E-state index in [4.69, 9.17) is 9.47 Å². The lowest BCUT2D eigenvalue weighted by Crippen LogP contribution is -2.07. The largest absolute Gasteiger partial charge is 0.446 e. The fourth-order valence-corrected chi connectivity index (χ4v) is 2.13. The van der Waals surface area contributed by atoms with Crippen LogP contribution in [0.15, 0.2) is 41.8 Å². The summed E-state index contributed by atoms with van der Waals surface area (Å²) in [5.74, 6) is 0.851. The Labute approximate surface area is 85.7 Å². The molecule has 2 aromatic rings. The minimum Gasteiger partial charge on any atom is -0.446 e. The van der Waals surface area contributed by atoms with Crippen LogP contribution in [0, 0.1) is 0 Å². The van der Waals surface area contributed by atoms with Gasteiger partial charge in [0.1, 0.15) is 0 Å². The number of ether oxygens (including phenoxy) is 2. The summed E-state index contributed by atoms with van der Waals surface area (Å²) in [5.41, 5.74) is 1.05. The van der Waals surface area contributed by atoms with Crippen LogP contribution in [0.2, 0.25) is 0 Å². The Morgan fingerprint density at radius 3 is 2.64 bits per heavy atom. The van der Waals surface area contributed by atoms with Gasteiger partial charge in [0.25, 0.3) is 6.29 Å². The Hall–Kier alpha value is -1.48. The summed E-state index contributed by atoms with van der Waals surface area (Å²) in [6.45, 7) is 0. The predicted molar refractivity (Wildman–Crippen MR) is 54.8 cm³/mol. The summed E-state index contributed by atoms with van der Waals surface area (Å²) in [4.78, 5) is 0. The van der Waals surface area contributed by atoms with Gasteiger partial charge in [-0.2, -0.15) is 0 Å². The molecule has 14 heavy (non-hydrogen) atoms. The maximum Gasteiger partial charge on any atom is 0.268 e. The fraction of sp³-hybridized carbons (Fsp3) is 0.0909. The maximum absolute atomic E-state index is 5.63. The highest BCUT2D eigenvalue weighted by atomic mass is 32.1. The molecular weight excluding hydrogens is 196 g/mol. The Morgan fingerprint density at radius 1 is 1.00 bits per heavy atom. The molecule has 0 N–H and O–H groups in total. The number of benzene rings is 1. The number of hydrogen-bond donors (Lipinski definition) is 0. The lowest BCUT2D eigenvalue weighted by Gasteiger charge is -2.09. The Balaban J connectivity index is 1.89. The summed E-state index contributed by atoms with van der Waals surface area (Å²) in [5, 5.41) is 2.84. The molecule has 2 heterocycles. The highest BCUT2D eigenvalue weighted by Gasteiger charge is 2.26. The monoisotopic (exact) mass is 204 g/mol. The molecule has 1 aliphatic rings. The third-order valence-electron chi connectivity index (χ3n) is 2.12. The standard InChI is InChI=1S/C11H8O2S/c1-2-4-8(5-3-1)10-12-9-6-7-14-11(9)13-10/h1-7,10H. The minimum atomic E-state index is -0.265. The third kappa shape index (κ3) is 1.17. The van der Waals surface area contributed by atoms with Gasteiger partial charge in [0.05, 0.1) is 0 Å². The minimum absolute atomic E-state index is 0.265. The molecule has 2 nitrogen and oxygen atoms in total. The van der Waals surface area contributed by atoms with Crippen molar-refractivity contribution in [2.75, 3.05) is 0 Å². The zero-order valence-electron chi connectivity index (χ0n) is 7.34. The molecule has 0 amide bonds. The molecule has 0 radical (unpaired) electrons. The first kappa shape index (κ1) is 7.88. The van der Waals surface area contributed by atoms with Crippen LogP contribution >= 0.6 is 11.3 Å². The Bertz CT molecular complexity index is 415. The molecule has 1 aliphatic heterocycles. The molecule has 1 unspecified atom stereocenters. The van der Waals surface area contributed by atoms with Crippen LogP contribution in [0.25, 0.3) is 0 Å². The first-order valence-corrected chi connectivity index (χ1v) is 5.27. The van der Waals surface area contributed by atoms with E-state index in [9.17, 15) is 0 Å². The van der Waals surface area contributed by atoms with Gasteiger partial charge in [-0.05, 0) is 11.4 Å². The van der Waals surface area contributed by atoms with Crippen LogP contribution < -0.4 is 9.47 Å². The van der Waals surface area contributed by atoms with E-state index in [0.717, 1.165) is 16.4 Å². The quantitative estimate of drug-likeness (QED) is 0.710. The van der Waals surface area contributed by atoms with Gasteiger partial charge in [-0.15, -0.1) is 11.3 Å². The number of fused-ring (bicyclic) bond motifs is 1. The van der Waals surface area contributed by atoms with Gasteiger partial charge in [-0.3, -0.25) is 0 Å². The van der Waals surface area contributed by atoms with E-state index in [0.29, 0.717) is 0 Å². The fourth-order valence-electron chi connectivity index (χ4n) is 1.44. The zero-order chi connectivity index (χ0) is 9.38. The van der Waals surface area contributed by atoms with Crippen molar-refractivity contribution in [3.8, 4) is 10.8 Å². The van der Waals surface area contributed by atoms with Crippen LogP contribution in [-0.2, 0) is 0 Å². The second kappa shape index (κ2) is 3.03. The molecule has 70 valence electrons. The molecule has 1 aromatic heterocycles. The van der Waals surface area contributed by atoms with E-state index >= 15 is 0 Å². The van der Waals surface area contributed by atoms with Crippen molar-refractivity contribution in [1.82, 2.24) is 0 Å². The van der Waals surface area contributed by atoms with E-state index < -0.39 is 0 Å².